The zero-order valence-electron chi connectivity index (χ0n) is 10.7. The van der Waals surface area contributed by atoms with Crippen molar-refractivity contribution in [1.82, 2.24) is 14.8 Å². The van der Waals surface area contributed by atoms with E-state index in [0.29, 0.717) is 0 Å². The minimum atomic E-state index is -4.43. The summed E-state index contributed by atoms with van der Waals surface area (Å²) < 4.78 is 43.6. The fourth-order valence-corrected chi connectivity index (χ4v) is 1.56. The normalized spacial score (nSPS) is 11.4. The van der Waals surface area contributed by atoms with Crippen molar-refractivity contribution < 1.29 is 22.7 Å². The SMILES string of the molecule is Nc1ncn(CC(=O)OCc2cccc(C(F)(F)F)c2)n1. The van der Waals surface area contributed by atoms with Crippen molar-refractivity contribution in [3.8, 4) is 0 Å². The smallest absolute Gasteiger partial charge is 0.416 e. The Bertz CT molecular complexity index is 639. The van der Waals surface area contributed by atoms with Crippen molar-refractivity contribution in [1.29, 1.82) is 0 Å². The lowest BCUT2D eigenvalue weighted by atomic mass is 10.1. The molecule has 1 heterocycles. The van der Waals surface area contributed by atoms with Gasteiger partial charge in [-0.2, -0.15) is 13.2 Å². The summed E-state index contributed by atoms with van der Waals surface area (Å²) in [4.78, 5) is 15.1. The number of ether oxygens (including phenoxy) is 1. The monoisotopic (exact) mass is 300 g/mol. The van der Waals surface area contributed by atoms with Crippen LogP contribution < -0.4 is 5.73 Å². The van der Waals surface area contributed by atoms with Gasteiger partial charge in [-0.15, -0.1) is 5.10 Å². The molecule has 0 aliphatic heterocycles. The highest BCUT2D eigenvalue weighted by atomic mass is 19.4. The summed E-state index contributed by atoms with van der Waals surface area (Å²) >= 11 is 0. The first-order chi connectivity index (χ1) is 9.84. The average Bonchev–Trinajstić information content (AvgIpc) is 2.81. The van der Waals surface area contributed by atoms with E-state index >= 15 is 0 Å². The second kappa shape index (κ2) is 5.81. The standard InChI is InChI=1S/C12H11F3N4O2/c13-12(14,15)9-3-1-2-8(4-9)6-21-10(20)5-19-7-17-11(16)18-19/h1-4,7H,5-6H2,(H2,16,18). The molecule has 2 aromatic rings. The molecule has 0 saturated carbocycles. The van der Waals surface area contributed by atoms with Crippen LogP contribution in [-0.4, -0.2) is 20.7 Å². The number of alkyl halides is 3. The maximum absolute atomic E-state index is 12.5. The third kappa shape index (κ3) is 4.20. The van der Waals surface area contributed by atoms with E-state index in [-0.39, 0.29) is 24.7 Å². The molecule has 0 saturated heterocycles. The van der Waals surface area contributed by atoms with E-state index in [1.54, 1.807) is 0 Å². The summed E-state index contributed by atoms with van der Waals surface area (Å²) in [5.74, 6) is -0.641. The number of hydrogen-bond donors (Lipinski definition) is 1. The summed E-state index contributed by atoms with van der Waals surface area (Å²) in [6.45, 7) is -0.476. The van der Waals surface area contributed by atoms with Crippen LogP contribution in [0.4, 0.5) is 19.1 Å². The number of nitrogens with zero attached hydrogens (tertiary/aromatic N) is 3. The highest BCUT2D eigenvalue weighted by Crippen LogP contribution is 2.29. The molecule has 0 aliphatic rings. The molecular formula is C12H11F3N4O2. The molecule has 1 aromatic carbocycles. The molecule has 2 N–H and O–H groups in total. The number of benzene rings is 1. The Morgan fingerprint density at radius 3 is 2.76 bits per heavy atom. The number of esters is 1. The number of rotatable bonds is 4. The molecular weight excluding hydrogens is 289 g/mol. The molecule has 0 amide bonds. The molecule has 0 spiro atoms. The highest BCUT2D eigenvalue weighted by Gasteiger charge is 2.30. The van der Waals surface area contributed by atoms with E-state index in [1.807, 2.05) is 0 Å². The second-order valence-corrected chi connectivity index (χ2v) is 4.16. The third-order valence-corrected chi connectivity index (χ3v) is 2.50. The number of carbonyl (C=O) groups excluding carboxylic acids is 1. The Morgan fingerprint density at radius 2 is 2.14 bits per heavy atom. The maximum atomic E-state index is 12.5. The molecule has 0 radical (unpaired) electrons. The van der Waals surface area contributed by atoms with Gasteiger partial charge >= 0.3 is 12.1 Å². The highest BCUT2D eigenvalue weighted by molar-refractivity contribution is 5.69. The Labute approximate surface area is 117 Å². The van der Waals surface area contributed by atoms with E-state index < -0.39 is 17.7 Å². The predicted molar refractivity (Wildman–Crippen MR) is 65.7 cm³/mol. The first-order valence-corrected chi connectivity index (χ1v) is 5.81. The topological polar surface area (TPSA) is 83.0 Å². The van der Waals surface area contributed by atoms with Crippen molar-refractivity contribution in [2.24, 2.45) is 0 Å². The number of nitrogen functional groups attached to an aromatic ring is 1. The molecule has 1 aromatic heterocycles. The van der Waals surface area contributed by atoms with Gasteiger partial charge < -0.3 is 10.5 Å². The predicted octanol–water partition coefficient (Wildman–Crippen LogP) is 1.62. The Kier molecular flexibility index (Phi) is 4.10. The summed E-state index contributed by atoms with van der Waals surface area (Å²) in [7, 11) is 0. The van der Waals surface area contributed by atoms with Gasteiger partial charge in [-0.3, -0.25) is 4.79 Å². The number of halogens is 3. The van der Waals surface area contributed by atoms with Gasteiger partial charge in [0.05, 0.1) is 5.56 Å². The van der Waals surface area contributed by atoms with Gasteiger partial charge in [0.25, 0.3) is 0 Å². The first-order valence-electron chi connectivity index (χ1n) is 5.81. The zero-order chi connectivity index (χ0) is 15.5. The molecule has 2 rings (SSSR count). The maximum Gasteiger partial charge on any atom is 0.416 e. The van der Waals surface area contributed by atoms with Crippen molar-refractivity contribution in [3.63, 3.8) is 0 Å². The van der Waals surface area contributed by atoms with Gasteiger partial charge in [-0.05, 0) is 17.7 Å². The van der Waals surface area contributed by atoms with Gasteiger partial charge in [0.1, 0.15) is 19.5 Å². The summed E-state index contributed by atoms with van der Waals surface area (Å²) in [6, 6.07) is 4.57. The summed E-state index contributed by atoms with van der Waals surface area (Å²) in [6.07, 6.45) is -3.18. The van der Waals surface area contributed by atoms with Crippen LogP contribution in [-0.2, 0) is 28.9 Å². The van der Waals surface area contributed by atoms with Crippen LogP contribution in [0.25, 0.3) is 0 Å². The molecule has 0 unspecified atom stereocenters. The Morgan fingerprint density at radius 1 is 1.38 bits per heavy atom. The minimum absolute atomic E-state index is 0.0145. The zero-order valence-corrected chi connectivity index (χ0v) is 10.7. The van der Waals surface area contributed by atoms with Crippen LogP contribution in [0.1, 0.15) is 11.1 Å². The lowest BCUT2D eigenvalue weighted by molar-refractivity contribution is -0.145. The number of anilines is 1. The average molecular weight is 300 g/mol. The van der Waals surface area contributed by atoms with Crippen molar-refractivity contribution in [2.75, 3.05) is 5.73 Å². The largest absolute Gasteiger partial charge is 0.459 e. The lowest BCUT2D eigenvalue weighted by Gasteiger charge is -2.09. The lowest BCUT2D eigenvalue weighted by Crippen LogP contribution is -2.14. The number of aromatic nitrogens is 3. The fourth-order valence-electron chi connectivity index (χ4n) is 1.56. The van der Waals surface area contributed by atoms with E-state index in [9.17, 15) is 18.0 Å². The van der Waals surface area contributed by atoms with Gasteiger partial charge in [0, 0.05) is 0 Å². The molecule has 112 valence electrons. The molecule has 6 nitrogen and oxygen atoms in total. The Hall–Kier alpha value is -2.58. The number of nitrogens with two attached hydrogens (primary N) is 1. The van der Waals surface area contributed by atoms with E-state index in [2.05, 4.69) is 10.1 Å². The van der Waals surface area contributed by atoms with Gasteiger partial charge in [-0.1, -0.05) is 12.1 Å². The van der Waals surface area contributed by atoms with Gasteiger partial charge in [0.15, 0.2) is 0 Å². The molecule has 9 heteroatoms. The summed E-state index contributed by atoms with van der Waals surface area (Å²) in [5.41, 5.74) is 4.73. The van der Waals surface area contributed by atoms with Crippen LogP contribution in [0.15, 0.2) is 30.6 Å². The molecule has 0 fully saturated rings. The summed E-state index contributed by atoms with van der Waals surface area (Å²) in [5, 5.41) is 3.69. The number of carbonyl (C=O) groups is 1. The molecule has 21 heavy (non-hydrogen) atoms. The molecule has 0 atom stereocenters. The molecule has 0 aliphatic carbocycles. The van der Waals surface area contributed by atoms with Crippen molar-refractivity contribution in [2.45, 2.75) is 19.3 Å². The van der Waals surface area contributed by atoms with Gasteiger partial charge in [-0.25, -0.2) is 9.67 Å². The van der Waals surface area contributed by atoms with Crippen molar-refractivity contribution >= 4 is 11.9 Å². The third-order valence-electron chi connectivity index (χ3n) is 2.50. The second-order valence-electron chi connectivity index (χ2n) is 4.16. The first kappa shape index (κ1) is 14.8. The van der Waals surface area contributed by atoms with Crippen LogP contribution in [0.2, 0.25) is 0 Å². The Balaban J connectivity index is 1.92. The quantitative estimate of drug-likeness (QED) is 0.868. The van der Waals surface area contributed by atoms with Crippen LogP contribution >= 0.6 is 0 Å². The van der Waals surface area contributed by atoms with E-state index in [0.717, 1.165) is 12.1 Å². The van der Waals surface area contributed by atoms with E-state index in [1.165, 1.54) is 23.1 Å². The van der Waals surface area contributed by atoms with Crippen molar-refractivity contribution in [3.05, 3.63) is 41.7 Å². The van der Waals surface area contributed by atoms with Crippen LogP contribution in [0.5, 0.6) is 0 Å². The van der Waals surface area contributed by atoms with Gasteiger partial charge in [0.2, 0.25) is 5.95 Å². The van der Waals surface area contributed by atoms with E-state index in [4.69, 9.17) is 10.5 Å². The van der Waals surface area contributed by atoms with Crippen LogP contribution in [0, 0.1) is 0 Å². The molecule has 0 bridgehead atoms. The number of hydrogen-bond acceptors (Lipinski definition) is 5. The fraction of sp³-hybridized carbons (Fsp3) is 0.250. The minimum Gasteiger partial charge on any atom is -0.459 e. The van der Waals surface area contributed by atoms with Crippen LogP contribution in [0.3, 0.4) is 0 Å².